The fraction of sp³-hybridized carbons (Fsp3) is 0.364. The minimum absolute atomic E-state index is 0.00147. The zero-order valence-electron chi connectivity index (χ0n) is 16.6. The van der Waals surface area contributed by atoms with E-state index in [1.807, 2.05) is 0 Å². The van der Waals surface area contributed by atoms with Gasteiger partial charge in [-0.25, -0.2) is 8.78 Å². The molecule has 2 atom stereocenters. The number of amides is 1. The molecule has 3 aromatic rings. The number of methoxy groups -OCH3 is 1. The number of aromatic nitrogens is 2. The lowest BCUT2D eigenvalue weighted by Gasteiger charge is -2.28. The highest BCUT2D eigenvalue weighted by molar-refractivity contribution is 6.06. The Labute approximate surface area is 172 Å². The Morgan fingerprint density at radius 1 is 1.30 bits per heavy atom. The molecule has 2 heterocycles. The predicted molar refractivity (Wildman–Crippen MR) is 107 cm³/mol. The third kappa shape index (κ3) is 3.75. The second-order valence-corrected chi connectivity index (χ2v) is 7.53. The van der Waals surface area contributed by atoms with E-state index in [0.717, 1.165) is 18.9 Å². The highest BCUT2D eigenvalue weighted by Crippen LogP contribution is 2.30. The van der Waals surface area contributed by atoms with Gasteiger partial charge in [0.15, 0.2) is 11.6 Å². The summed E-state index contributed by atoms with van der Waals surface area (Å²) in [5.74, 6) is -1.77. The van der Waals surface area contributed by atoms with Crippen LogP contribution >= 0.6 is 0 Å². The number of fused-ring (bicyclic) bond motifs is 1. The van der Waals surface area contributed by atoms with Gasteiger partial charge in [0, 0.05) is 24.0 Å². The molecular formula is C22H23F2N3O3. The topological polar surface area (TPSA) is 76.4 Å². The van der Waals surface area contributed by atoms with Gasteiger partial charge < -0.3 is 19.7 Å². The lowest BCUT2D eigenvalue weighted by molar-refractivity contribution is 0.0718. The molecule has 6 nitrogen and oxygen atoms in total. The number of carbonyl (C=O) groups excluding carboxylic acids is 1. The Morgan fingerprint density at radius 3 is 2.87 bits per heavy atom. The van der Waals surface area contributed by atoms with Gasteiger partial charge >= 0.3 is 0 Å². The first-order valence-corrected chi connectivity index (χ1v) is 9.93. The molecule has 4 rings (SSSR count). The number of carbonyl (C=O) groups is 1. The average Bonchev–Trinajstić information content (AvgIpc) is 3.12. The van der Waals surface area contributed by atoms with Crippen molar-refractivity contribution in [2.24, 2.45) is 0 Å². The number of nitrogens with one attached hydrogen (secondary N) is 1. The fourth-order valence-electron chi connectivity index (χ4n) is 4.03. The van der Waals surface area contributed by atoms with Crippen LogP contribution in [0.25, 0.3) is 11.0 Å². The summed E-state index contributed by atoms with van der Waals surface area (Å²) in [4.78, 5) is 17.3. The number of halogens is 2. The van der Waals surface area contributed by atoms with E-state index in [1.54, 1.807) is 16.8 Å². The van der Waals surface area contributed by atoms with Gasteiger partial charge in [0.2, 0.25) is 0 Å². The van der Waals surface area contributed by atoms with E-state index in [4.69, 9.17) is 4.74 Å². The van der Waals surface area contributed by atoms with Crippen molar-refractivity contribution in [2.45, 2.75) is 44.4 Å². The number of ether oxygens (including phenoxy) is 1. The van der Waals surface area contributed by atoms with Crippen molar-refractivity contribution in [3.8, 4) is 5.75 Å². The molecule has 2 N–H and O–H groups in total. The summed E-state index contributed by atoms with van der Waals surface area (Å²) < 4.78 is 35.0. The quantitative estimate of drug-likeness (QED) is 0.670. The summed E-state index contributed by atoms with van der Waals surface area (Å²) in [5.41, 5.74) is 1.35. The van der Waals surface area contributed by atoms with Crippen molar-refractivity contribution in [1.82, 2.24) is 14.9 Å². The Morgan fingerprint density at radius 2 is 2.10 bits per heavy atom. The molecule has 158 valence electrons. The van der Waals surface area contributed by atoms with E-state index in [-0.39, 0.29) is 24.1 Å². The number of pyridine rings is 1. The van der Waals surface area contributed by atoms with E-state index in [2.05, 4.69) is 10.3 Å². The second kappa shape index (κ2) is 8.39. The van der Waals surface area contributed by atoms with E-state index in [9.17, 15) is 18.7 Å². The first-order chi connectivity index (χ1) is 14.5. The monoisotopic (exact) mass is 415 g/mol. The van der Waals surface area contributed by atoms with Gasteiger partial charge in [-0.05, 0) is 18.9 Å². The molecule has 2 aromatic heterocycles. The molecule has 8 heteroatoms. The molecule has 1 aliphatic carbocycles. The number of benzene rings is 1. The predicted octanol–water partition coefficient (Wildman–Crippen LogP) is 3.40. The highest BCUT2D eigenvalue weighted by Gasteiger charge is 2.27. The Hall–Kier alpha value is -3.00. The smallest absolute Gasteiger partial charge is 0.255 e. The molecule has 1 fully saturated rings. The van der Waals surface area contributed by atoms with Crippen LogP contribution in [0.15, 0.2) is 36.7 Å². The van der Waals surface area contributed by atoms with Gasteiger partial charge in [-0.2, -0.15) is 0 Å². The van der Waals surface area contributed by atoms with Crippen LogP contribution in [0.1, 0.15) is 41.6 Å². The number of hydrogen-bond acceptors (Lipinski definition) is 4. The van der Waals surface area contributed by atoms with E-state index in [0.29, 0.717) is 35.2 Å². The Kier molecular flexibility index (Phi) is 5.67. The number of rotatable bonds is 5. The molecule has 1 aromatic carbocycles. The molecule has 0 bridgehead atoms. The molecule has 1 amide bonds. The average molecular weight is 415 g/mol. The minimum Gasteiger partial charge on any atom is -0.494 e. The Balaban J connectivity index is 1.74. The first-order valence-electron chi connectivity index (χ1n) is 9.93. The van der Waals surface area contributed by atoms with Crippen LogP contribution in [0, 0.1) is 11.6 Å². The summed E-state index contributed by atoms with van der Waals surface area (Å²) in [7, 11) is 1.49. The summed E-state index contributed by atoms with van der Waals surface area (Å²) in [6.07, 6.45) is 5.74. The maximum Gasteiger partial charge on any atom is 0.255 e. The molecule has 0 spiro atoms. The van der Waals surface area contributed by atoms with Gasteiger partial charge in [0.25, 0.3) is 5.91 Å². The molecule has 0 radical (unpaired) electrons. The summed E-state index contributed by atoms with van der Waals surface area (Å²) in [6.45, 7) is 0.00147. The van der Waals surface area contributed by atoms with Gasteiger partial charge in [0.1, 0.15) is 16.8 Å². The second-order valence-electron chi connectivity index (χ2n) is 7.53. The SMILES string of the molecule is COc1ccnc2c(C(=O)N[C@H]3CCCCC3O)cn(Cc3cccc(F)c3F)c12. The summed E-state index contributed by atoms with van der Waals surface area (Å²) in [5, 5.41) is 13.1. The normalized spacial score (nSPS) is 19.1. The van der Waals surface area contributed by atoms with Crippen LogP contribution in [0.4, 0.5) is 8.78 Å². The number of nitrogens with zero attached hydrogens (tertiary/aromatic N) is 2. The van der Waals surface area contributed by atoms with Crippen molar-refractivity contribution >= 4 is 16.9 Å². The lowest BCUT2D eigenvalue weighted by atomic mass is 9.92. The van der Waals surface area contributed by atoms with Crippen LogP contribution in [0.2, 0.25) is 0 Å². The molecule has 0 saturated heterocycles. The van der Waals surface area contributed by atoms with Crippen molar-refractivity contribution in [3.05, 3.63) is 59.4 Å². The fourth-order valence-corrected chi connectivity index (χ4v) is 4.03. The first kappa shape index (κ1) is 20.3. The lowest BCUT2D eigenvalue weighted by Crippen LogP contribution is -2.45. The molecule has 1 aliphatic rings. The van der Waals surface area contributed by atoms with Crippen LogP contribution in [0.3, 0.4) is 0 Å². The minimum atomic E-state index is -0.932. The molecule has 0 aliphatic heterocycles. The highest BCUT2D eigenvalue weighted by atomic mass is 19.2. The van der Waals surface area contributed by atoms with Gasteiger partial charge in [0.05, 0.1) is 31.4 Å². The Bertz CT molecular complexity index is 1080. The summed E-state index contributed by atoms with van der Waals surface area (Å²) >= 11 is 0. The third-order valence-electron chi connectivity index (χ3n) is 5.60. The number of aliphatic hydroxyl groups excluding tert-OH is 1. The van der Waals surface area contributed by atoms with Crippen molar-refractivity contribution < 1.29 is 23.4 Å². The summed E-state index contributed by atoms with van der Waals surface area (Å²) in [6, 6.07) is 5.31. The van der Waals surface area contributed by atoms with Crippen molar-refractivity contribution in [3.63, 3.8) is 0 Å². The molecule has 1 unspecified atom stereocenters. The van der Waals surface area contributed by atoms with Crippen LogP contribution < -0.4 is 10.1 Å². The van der Waals surface area contributed by atoms with E-state index >= 15 is 0 Å². The van der Waals surface area contributed by atoms with Gasteiger partial charge in [-0.1, -0.05) is 25.0 Å². The largest absolute Gasteiger partial charge is 0.494 e. The van der Waals surface area contributed by atoms with Gasteiger partial charge in [-0.3, -0.25) is 9.78 Å². The molecular weight excluding hydrogens is 392 g/mol. The standard InChI is InChI=1S/C22H23F2N3O3/c1-30-18-9-10-25-20-14(22(29)26-16-7-2-3-8-17(16)28)12-27(21(18)20)11-13-5-4-6-15(23)19(13)24/h4-6,9-10,12,16-17,28H,2-3,7-8,11H2,1H3,(H,26,29)/t16-,17?/m0/s1. The van der Waals surface area contributed by atoms with Crippen molar-refractivity contribution in [2.75, 3.05) is 7.11 Å². The van der Waals surface area contributed by atoms with Gasteiger partial charge in [-0.15, -0.1) is 0 Å². The van der Waals surface area contributed by atoms with Crippen molar-refractivity contribution in [1.29, 1.82) is 0 Å². The zero-order chi connectivity index (χ0) is 21.3. The molecule has 1 saturated carbocycles. The number of aliphatic hydroxyl groups is 1. The van der Waals surface area contributed by atoms with E-state index in [1.165, 1.54) is 25.4 Å². The van der Waals surface area contributed by atoms with Crippen LogP contribution in [0.5, 0.6) is 5.75 Å². The molecule has 30 heavy (non-hydrogen) atoms. The zero-order valence-corrected chi connectivity index (χ0v) is 16.6. The maximum atomic E-state index is 14.2. The van der Waals surface area contributed by atoms with E-state index < -0.39 is 17.7 Å². The van der Waals surface area contributed by atoms with Crippen LogP contribution in [-0.2, 0) is 6.54 Å². The van der Waals surface area contributed by atoms with Crippen LogP contribution in [-0.4, -0.2) is 39.8 Å². The maximum absolute atomic E-state index is 14.2. The third-order valence-corrected chi connectivity index (χ3v) is 5.60. The number of hydrogen-bond donors (Lipinski definition) is 2.